The molecular formula is C15H22O5S. The molecule has 0 aliphatic rings. The fourth-order valence-electron chi connectivity index (χ4n) is 2.36. The Kier molecular flexibility index (Phi) is 5.92. The fraction of sp³-hybridized carbons (Fsp3) is 0.533. The molecule has 1 aromatic rings. The topological polar surface area (TPSA) is 80.7 Å². The molecule has 0 aliphatic heterocycles. The lowest BCUT2D eigenvalue weighted by molar-refractivity contribution is -0.140. The lowest BCUT2D eigenvalue weighted by Gasteiger charge is -2.17. The van der Waals surface area contributed by atoms with Gasteiger partial charge in [0.2, 0.25) is 0 Å². The molecule has 1 rings (SSSR count). The van der Waals surface area contributed by atoms with Gasteiger partial charge in [0.05, 0.1) is 23.9 Å². The van der Waals surface area contributed by atoms with Crippen LogP contribution in [0.15, 0.2) is 17.0 Å². The van der Waals surface area contributed by atoms with Crippen LogP contribution in [0, 0.1) is 13.8 Å². The van der Waals surface area contributed by atoms with E-state index in [1.54, 1.807) is 32.9 Å². The molecule has 0 spiro atoms. The first kappa shape index (κ1) is 17.7. The summed E-state index contributed by atoms with van der Waals surface area (Å²) < 4.78 is 29.9. The largest absolute Gasteiger partial charge is 0.469 e. The van der Waals surface area contributed by atoms with Crippen LogP contribution in [0.5, 0.6) is 0 Å². The lowest BCUT2D eigenvalue weighted by atomic mass is 10.1. The number of carbonyl (C=O) groups excluding carboxylic acids is 1. The highest BCUT2D eigenvalue weighted by Crippen LogP contribution is 2.27. The molecule has 1 N–H and O–H groups in total. The first-order valence-electron chi connectivity index (χ1n) is 6.75. The predicted molar refractivity (Wildman–Crippen MR) is 79.7 cm³/mol. The molecule has 6 heteroatoms. The molecule has 0 heterocycles. The van der Waals surface area contributed by atoms with Crippen LogP contribution in [0.2, 0.25) is 0 Å². The van der Waals surface area contributed by atoms with Gasteiger partial charge in [0, 0.05) is 6.42 Å². The van der Waals surface area contributed by atoms with E-state index in [0.29, 0.717) is 16.7 Å². The van der Waals surface area contributed by atoms with E-state index in [4.69, 9.17) is 5.11 Å². The zero-order valence-electron chi connectivity index (χ0n) is 12.8. The fourth-order valence-corrected chi connectivity index (χ4v) is 4.21. The molecule has 0 saturated carbocycles. The Labute approximate surface area is 125 Å². The van der Waals surface area contributed by atoms with Gasteiger partial charge in [0.25, 0.3) is 0 Å². The Morgan fingerprint density at radius 1 is 1.29 bits per heavy atom. The van der Waals surface area contributed by atoms with Gasteiger partial charge in [-0.3, -0.25) is 4.79 Å². The zero-order valence-corrected chi connectivity index (χ0v) is 13.7. The second kappa shape index (κ2) is 7.04. The third-order valence-electron chi connectivity index (χ3n) is 3.50. The van der Waals surface area contributed by atoms with Crippen molar-refractivity contribution < 1.29 is 23.1 Å². The summed E-state index contributed by atoms with van der Waals surface area (Å²) in [6.45, 7) is 4.90. The molecule has 1 aromatic carbocycles. The van der Waals surface area contributed by atoms with E-state index in [1.165, 1.54) is 7.11 Å². The molecule has 1 unspecified atom stereocenters. The molecule has 0 radical (unpaired) electrons. The van der Waals surface area contributed by atoms with Crippen LogP contribution >= 0.6 is 0 Å². The summed E-state index contributed by atoms with van der Waals surface area (Å²) in [4.78, 5) is 11.4. The van der Waals surface area contributed by atoms with Crippen molar-refractivity contribution in [2.45, 2.75) is 50.4 Å². The highest BCUT2D eigenvalue weighted by molar-refractivity contribution is 7.92. The number of aryl methyl sites for hydroxylation is 2. The monoisotopic (exact) mass is 314 g/mol. The molecular weight excluding hydrogens is 292 g/mol. The average Bonchev–Trinajstić information content (AvgIpc) is 2.42. The molecule has 0 fully saturated rings. The summed E-state index contributed by atoms with van der Waals surface area (Å²) >= 11 is 0. The smallest absolute Gasteiger partial charge is 0.305 e. The average molecular weight is 314 g/mol. The van der Waals surface area contributed by atoms with E-state index < -0.39 is 21.1 Å². The molecule has 0 bridgehead atoms. The number of esters is 1. The van der Waals surface area contributed by atoms with Crippen molar-refractivity contribution in [2.24, 2.45) is 0 Å². The second-order valence-corrected chi connectivity index (χ2v) is 7.49. The summed E-state index contributed by atoms with van der Waals surface area (Å²) in [5.41, 5.74) is 1.92. The quantitative estimate of drug-likeness (QED) is 0.811. The molecule has 0 aliphatic carbocycles. The summed E-state index contributed by atoms with van der Waals surface area (Å²) in [5, 5.41) is 8.49. The van der Waals surface area contributed by atoms with Crippen molar-refractivity contribution >= 4 is 15.8 Å². The highest BCUT2D eigenvalue weighted by atomic mass is 32.2. The van der Waals surface area contributed by atoms with Crippen LogP contribution in [-0.2, 0) is 26.0 Å². The van der Waals surface area contributed by atoms with Crippen LogP contribution in [0.1, 0.15) is 36.5 Å². The van der Waals surface area contributed by atoms with Crippen molar-refractivity contribution in [1.82, 2.24) is 0 Å². The maximum absolute atomic E-state index is 12.7. The van der Waals surface area contributed by atoms with Crippen molar-refractivity contribution in [2.75, 3.05) is 7.11 Å². The van der Waals surface area contributed by atoms with Gasteiger partial charge in [-0.15, -0.1) is 0 Å². The summed E-state index contributed by atoms with van der Waals surface area (Å²) in [7, 11) is -2.24. The van der Waals surface area contributed by atoms with Gasteiger partial charge < -0.3 is 9.84 Å². The number of rotatable bonds is 6. The Morgan fingerprint density at radius 3 is 2.24 bits per heavy atom. The number of ether oxygens (including phenoxy) is 1. The standard InChI is InChI=1S/C15H22O5S/c1-10-7-13(9-16)8-11(2)15(10)21(18,19)12(3)5-6-14(17)20-4/h7-8,12,16H,5-6,9H2,1-4H3. The molecule has 21 heavy (non-hydrogen) atoms. The Hall–Kier alpha value is -1.40. The number of sulfone groups is 1. The number of carbonyl (C=O) groups is 1. The summed E-state index contributed by atoms with van der Waals surface area (Å²) in [6.07, 6.45) is 0.291. The molecule has 118 valence electrons. The van der Waals surface area contributed by atoms with E-state index in [0.717, 1.165) is 0 Å². The normalized spacial score (nSPS) is 13.0. The van der Waals surface area contributed by atoms with Crippen LogP contribution in [0.25, 0.3) is 0 Å². The van der Waals surface area contributed by atoms with Gasteiger partial charge in [-0.1, -0.05) is 12.1 Å². The van der Waals surface area contributed by atoms with Crippen LogP contribution in [-0.4, -0.2) is 31.9 Å². The summed E-state index contributed by atoms with van der Waals surface area (Å²) in [5.74, 6) is -0.416. The van der Waals surface area contributed by atoms with Gasteiger partial charge in [0.1, 0.15) is 0 Å². The third-order valence-corrected chi connectivity index (χ3v) is 6.01. The minimum Gasteiger partial charge on any atom is -0.469 e. The van der Waals surface area contributed by atoms with Crippen molar-refractivity contribution in [1.29, 1.82) is 0 Å². The lowest BCUT2D eigenvalue weighted by Crippen LogP contribution is -2.21. The predicted octanol–water partition coefficient (Wildman–Crippen LogP) is 1.91. The number of hydrogen-bond acceptors (Lipinski definition) is 5. The van der Waals surface area contributed by atoms with Crippen LogP contribution in [0.4, 0.5) is 0 Å². The zero-order chi connectivity index (χ0) is 16.2. The SMILES string of the molecule is COC(=O)CCC(C)S(=O)(=O)c1c(C)cc(CO)cc1C. The van der Waals surface area contributed by atoms with E-state index in [9.17, 15) is 13.2 Å². The summed E-state index contributed by atoms with van der Waals surface area (Å²) in [6, 6.07) is 3.35. The van der Waals surface area contributed by atoms with Gasteiger partial charge in [-0.25, -0.2) is 8.42 Å². The Bertz CT molecular complexity index is 596. The van der Waals surface area contributed by atoms with E-state index in [-0.39, 0.29) is 24.3 Å². The number of benzene rings is 1. The number of hydrogen-bond donors (Lipinski definition) is 1. The van der Waals surface area contributed by atoms with Gasteiger partial charge in [-0.05, 0) is 43.9 Å². The first-order chi connectivity index (χ1) is 9.73. The van der Waals surface area contributed by atoms with E-state index >= 15 is 0 Å². The first-order valence-corrected chi connectivity index (χ1v) is 8.30. The minimum absolute atomic E-state index is 0.0731. The van der Waals surface area contributed by atoms with Gasteiger partial charge in [0.15, 0.2) is 9.84 Å². The molecule has 1 atom stereocenters. The molecule has 0 aromatic heterocycles. The maximum atomic E-state index is 12.7. The molecule has 0 saturated heterocycles. The van der Waals surface area contributed by atoms with E-state index in [2.05, 4.69) is 4.74 Å². The van der Waals surface area contributed by atoms with Crippen molar-refractivity contribution in [3.63, 3.8) is 0 Å². The van der Waals surface area contributed by atoms with Gasteiger partial charge >= 0.3 is 5.97 Å². The van der Waals surface area contributed by atoms with Crippen molar-refractivity contribution in [3.8, 4) is 0 Å². The van der Waals surface area contributed by atoms with E-state index in [1.807, 2.05) is 0 Å². The number of aliphatic hydroxyl groups is 1. The minimum atomic E-state index is -3.52. The third kappa shape index (κ3) is 4.04. The van der Waals surface area contributed by atoms with Gasteiger partial charge in [-0.2, -0.15) is 0 Å². The van der Waals surface area contributed by atoms with Crippen LogP contribution in [0.3, 0.4) is 0 Å². The second-order valence-electron chi connectivity index (χ2n) is 5.19. The maximum Gasteiger partial charge on any atom is 0.305 e. The Morgan fingerprint density at radius 2 is 1.81 bits per heavy atom. The molecule has 5 nitrogen and oxygen atoms in total. The highest BCUT2D eigenvalue weighted by Gasteiger charge is 2.27. The molecule has 0 amide bonds. The Balaban J connectivity index is 3.10. The van der Waals surface area contributed by atoms with Crippen LogP contribution < -0.4 is 0 Å². The van der Waals surface area contributed by atoms with Crippen molar-refractivity contribution in [3.05, 3.63) is 28.8 Å². The number of aliphatic hydroxyl groups excluding tert-OH is 1. The number of methoxy groups -OCH3 is 1.